The molecule has 5 heteroatoms. The van der Waals surface area contributed by atoms with Crippen molar-refractivity contribution < 1.29 is 14.3 Å². The van der Waals surface area contributed by atoms with E-state index in [2.05, 4.69) is 2.71 Å². The van der Waals surface area contributed by atoms with E-state index in [-0.39, 0.29) is 12.1 Å². The van der Waals surface area contributed by atoms with E-state index in [0.717, 1.165) is 32.6 Å². The Morgan fingerprint density at radius 2 is 2.58 bits per heavy atom. The second-order valence-corrected chi connectivity index (χ2v) is 5.45. The number of esters is 1. The van der Waals surface area contributed by atoms with Crippen molar-refractivity contribution in [3.63, 3.8) is 0 Å². The van der Waals surface area contributed by atoms with Gasteiger partial charge in [-0.25, -0.2) is 0 Å². The van der Waals surface area contributed by atoms with Gasteiger partial charge in [0.15, 0.2) is 0 Å². The van der Waals surface area contributed by atoms with Gasteiger partial charge in [0, 0.05) is 0 Å². The fourth-order valence-corrected chi connectivity index (χ4v) is 2.20. The second-order valence-electron chi connectivity index (χ2n) is 2.61. The summed E-state index contributed by atoms with van der Waals surface area (Å²) in [5.74, 6) is -0.220. The first kappa shape index (κ1) is 10.4. The molecular formula is C7H12NO3Tl. The van der Waals surface area contributed by atoms with Crippen LogP contribution in [-0.2, 0) is 14.3 Å². The summed E-state index contributed by atoms with van der Waals surface area (Å²) in [6.07, 6.45) is -0.344. The first-order chi connectivity index (χ1) is 5.74. The SMILES string of the molecule is CCOC(=O)C1C[N]([Tl])CCO1. The number of rotatable bonds is 2. The molecule has 1 saturated heterocycles. The third-order valence-corrected chi connectivity index (χ3v) is 3.47. The number of carbonyl (C=O) groups is 1. The molecule has 1 atom stereocenters. The van der Waals surface area contributed by atoms with Crippen molar-refractivity contribution in [2.24, 2.45) is 0 Å². The maximum absolute atomic E-state index is 11.2. The van der Waals surface area contributed by atoms with Crippen LogP contribution in [0.1, 0.15) is 6.92 Å². The summed E-state index contributed by atoms with van der Waals surface area (Å²) < 4.78 is 12.4. The van der Waals surface area contributed by atoms with Gasteiger partial charge in [0.25, 0.3) is 0 Å². The van der Waals surface area contributed by atoms with Crippen LogP contribution in [0.25, 0.3) is 0 Å². The van der Waals surface area contributed by atoms with Gasteiger partial charge in [0.2, 0.25) is 0 Å². The van der Waals surface area contributed by atoms with Crippen LogP contribution in [0.15, 0.2) is 0 Å². The van der Waals surface area contributed by atoms with E-state index in [4.69, 9.17) is 9.47 Å². The van der Waals surface area contributed by atoms with E-state index in [1.165, 1.54) is 0 Å². The van der Waals surface area contributed by atoms with Crippen LogP contribution in [0.3, 0.4) is 0 Å². The van der Waals surface area contributed by atoms with Gasteiger partial charge in [-0.05, 0) is 0 Å². The van der Waals surface area contributed by atoms with Crippen LogP contribution < -0.4 is 0 Å². The molecule has 0 radical (unpaired) electrons. The Hall–Kier alpha value is 0.312. The quantitative estimate of drug-likeness (QED) is 0.483. The van der Waals surface area contributed by atoms with Crippen LogP contribution in [0.5, 0.6) is 0 Å². The van der Waals surface area contributed by atoms with Crippen molar-refractivity contribution in [2.75, 3.05) is 26.3 Å². The van der Waals surface area contributed by atoms with Crippen LogP contribution in [0.2, 0.25) is 0 Å². The van der Waals surface area contributed by atoms with Crippen molar-refractivity contribution in [3.05, 3.63) is 0 Å². The van der Waals surface area contributed by atoms with Gasteiger partial charge < -0.3 is 0 Å². The Bertz CT molecular complexity index is 165. The molecule has 0 bridgehead atoms. The summed E-state index contributed by atoms with van der Waals surface area (Å²) in [6.45, 7) is 4.56. The molecule has 1 rings (SSSR count). The summed E-state index contributed by atoms with van der Waals surface area (Å²) in [4.78, 5) is 11.2. The Morgan fingerprint density at radius 1 is 1.83 bits per heavy atom. The maximum atomic E-state index is 11.2. The Labute approximate surface area is 88.3 Å². The van der Waals surface area contributed by atoms with Gasteiger partial charge in [0.1, 0.15) is 0 Å². The summed E-state index contributed by atoms with van der Waals surface area (Å²) in [5, 5.41) is 0. The Kier molecular flexibility index (Phi) is 4.44. The van der Waals surface area contributed by atoms with Gasteiger partial charge in [-0.1, -0.05) is 0 Å². The topological polar surface area (TPSA) is 38.8 Å². The normalized spacial score (nSPS) is 25.2. The van der Waals surface area contributed by atoms with Crippen molar-refractivity contribution >= 4 is 32.0 Å². The predicted octanol–water partition coefficient (Wildman–Crippen LogP) is -0.666. The number of hydrogen-bond donors (Lipinski definition) is 0. The van der Waals surface area contributed by atoms with Crippen molar-refractivity contribution in [1.82, 2.24) is 2.71 Å². The first-order valence-corrected chi connectivity index (χ1v) is 6.02. The molecule has 1 aliphatic rings. The standard InChI is InChI=1S/C7H12NO3.Tl/c1-2-10-7(9)6-5-8-3-4-11-6;/h6H,2-5H2,1H3;/q-1;+1. The molecular weight excluding hydrogens is 350 g/mol. The molecule has 1 heterocycles. The zero-order valence-electron chi connectivity index (χ0n) is 7.16. The van der Waals surface area contributed by atoms with E-state index in [1.807, 2.05) is 0 Å². The predicted molar refractivity (Wildman–Crippen MR) is 43.7 cm³/mol. The fourth-order valence-electron chi connectivity index (χ4n) is 1.05. The van der Waals surface area contributed by atoms with Gasteiger partial charge in [-0.3, -0.25) is 0 Å². The molecule has 0 amide bonds. The van der Waals surface area contributed by atoms with Crippen molar-refractivity contribution in [1.29, 1.82) is 0 Å². The van der Waals surface area contributed by atoms with E-state index < -0.39 is 0 Å². The molecule has 1 fully saturated rings. The average Bonchev–Trinajstić information content (AvgIpc) is 2.05. The molecule has 0 N–H and O–H groups in total. The van der Waals surface area contributed by atoms with E-state index in [1.54, 1.807) is 6.92 Å². The molecule has 0 aromatic carbocycles. The molecule has 0 aliphatic carbocycles. The van der Waals surface area contributed by atoms with Gasteiger partial charge in [-0.15, -0.1) is 0 Å². The summed E-state index contributed by atoms with van der Waals surface area (Å²) >= 11 is 0.788. The molecule has 0 aromatic heterocycles. The van der Waals surface area contributed by atoms with Crippen LogP contribution >= 0.6 is 0 Å². The number of carbonyl (C=O) groups excluding carboxylic acids is 1. The Morgan fingerprint density at radius 3 is 3.17 bits per heavy atom. The number of nitrogens with zero attached hydrogens (tertiary/aromatic N) is 1. The van der Waals surface area contributed by atoms with Crippen molar-refractivity contribution in [2.45, 2.75) is 13.0 Å². The molecule has 1 unspecified atom stereocenters. The van der Waals surface area contributed by atoms with Gasteiger partial charge in [0.05, 0.1) is 0 Å². The Balaban J connectivity index is 2.35. The third kappa shape index (κ3) is 2.98. The van der Waals surface area contributed by atoms with Crippen LogP contribution in [0.4, 0.5) is 0 Å². The molecule has 12 heavy (non-hydrogen) atoms. The molecule has 4 nitrogen and oxygen atoms in total. The number of ether oxygens (including phenoxy) is 2. The van der Waals surface area contributed by atoms with Gasteiger partial charge in [-0.2, -0.15) is 0 Å². The van der Waals surface area contributed by atoms with E-state index >= 15 is 0 Å². The second kappa shape index (κ2) is 5.13. The summed E-state index contributed by atoms with van der Waals surface area (Å²) in [5.41, 5.74) is 0. The third-order valence-electron chi connectivity index (χ3n) is 1.65. The summed E-state index contributed by atoms with van der Waals surface area (Å²) in [7, 11) is 0. The first-order valence-electron chi connectivity index (χ1n) is 4.02. The summed E-state index contributed by atoms with van der Waals surface area (Å²) in [6, 6.07) is 0. The van der Waals surface area contributed by atoms with Crippen molar-refractivity contribution in [3.8, 4) is 0 Å². The van der Waals surface area contributed by atoms with Crippen LogP contribution in [0, 0.1) is 0 Å². The zero-order valence-corrected chi connectivity index (χ0v) is 11.6. The van der Waals surface area contributed by atoms with Crippen LogP contribution in [-0.4, -0.2) is 67.2 Å². The fraction of sp³-hybridized carbons (Fsp3) is 0.857. The number of hydrogen-bond acceptors (Lipinski definition) is 4. The van der Waals surface area contributed by atoms with E-state index in [9.17, 15) is 4.79 Å². The molecule has 66 valence electrons. The molecule has 0 saturated carbocycles. The number of morpholine rings is 1. The zero-order chi connectivity index (χ0) is 8.97. The van der Waals surface area contributed by atoms with Gasteiger partial charge >= 0.3 is 88.3 Å². The molecule has 1 aliphatic heterocycles. The monoisotopic (exact) mass is 363 g/mol. The molecule has 0 aromatic rings. The minimum absolute atomic E-state index is 0.220. The molecule has 0 spiro atoms. The average molecular weight is 363 g/mol. The van der Waals surface area contributed by atoms with E-state index in [0.29, 0.717) is 19.8 Å². The minimum atomic E-state index is -0.344.